The molecule has 0 radical (unpaired) electrons. The largest absolute Gasteiger partial charge is 0.464 e. The average Bonchev–Trinajstić information content (AvgIpc) is 2.37. The van der Waals surface area contributed by atoms with Crippen LogP contribution in [0.4, 0.5) is 4.39 Å². The predicted octanol–water partition coefficient (Wildman–Crippen LogP) is 1.77. The maximum Gasteiger partial charge on any atom is 0.332 e. The Balaban J connectivity index is 3.06. The van der Waals surface area contributed by atoms with Crippen LogP contribution in [0.25, 0.3) is 0 Å². The molecule has 0 saturated heterocycles. The zero-order valence-corrected chi connectivity index (χ0v) is 10.6. The third kappa shape index (κ3) is 3.13. The number of rotatable bonds is 6. The molecular weight excluding hydrogens is 235 g/mol. The van der Waals surface area contributed by atoms with Crippen LogP contribution in [0.1, 0.15) is 19.5 Å². The Labute approximate surface area is 106 Å². The second-order valence-corrected chi connectivity index (χ2v) is 3.88. The molecule has 1 heterocycles. The van der Waals surface area contributed by atoms with E-state index in [1.54, 1.807) is 19.9 Å². The molecule has 98 valence electrons. The number of carbonyl (C=O) groups is 1. The highest BCUT2D eigenvalue weighted by molar-refractivity contribution is 5.81. The van der Waals surface area contributed by atoms with Gasteiger partial charge in [-0.2, -0.15) is 0 Å². The summed E-state index contributed by atoms with van der Waals surface area (Å²) in [6.45, 7) is 7.64. The quantitative estimate of drug-likeness (QED) is 0.619. The van der Waals surface area contributed by atoms with E-state index in [0.717, 1.165) is 6.20 Å². The van der Waals surface area contributed by atoms with Crippen LogP contribution >= 0.6 is 0 Å². The van der Waals surface area contributed by atoms with Crippen LogP contribution in [0, 0.1) is 5.82 Å². The first-order chi connectivity index (χ1) is 8.54. The van der Waals surface area contributed by atoms with E-state index in [1.165, 1.54) is 12.1 Å². The van der Waals surface area contributed by atoms with Crippen LogP contribution < -0.4 is 5.32 Å². The van der Waals surface area contributed by atoms with Gasteiger partial charge < -0.3 is 4.74 Å². The third-order valence-electron chi connectivity index (χ3n) is 2.52. The Morgan fingerprint density at radius 3 is 2.89 bits per heavy atom. The number of hydrogen-bond acceptors (Lipinski definition) is 4. The van der Waals surface area contributed by atoms with Crippen LogP contribution in [0.5, 0.6) is 0 Å². The summed E-state index contributed by atoms with van der Waals surface area (Å²) in [6, 6.07) is 2.72. The van der Waals surface area contributed by atoms with Crippen molar-refractivity contribution in [2.45, 2.75) is 19.4 Å². The molecule has 0 aliphatic rings. The minimum Gasteiger partial charge on any atom is -0.464 e. The molecule has 4 nitrogen and oxygen atoms in total. The molecule has 0 aliphatic heterocycles. The van der Waals surface area contributed by atoms with Gasteiger partial charge in [-0.25, -0.2) is 9.18 Å². The lowest BCUT2D eigenvalue weighted by Gasteiger charge is -2.27. The van der Waals surface area contributed by atoms with E-state index in [4.69, 9.17) is 4.74 Å². The lowest BCUT2D eigenvalue weighted by molar-refractivity contribution is -0.151. The van der Waals surface area contributed by atoms with Crippen LogP contribution in [0.2, 0.25) is 0 Å². The summed E-state index contributed by atoms with van der Waals surface area (Å²) in [6.07, 6.45) is 2.70. The Hall–Kier alpha value is -1.75. The van der Waals surface area contributed by atoms with Gasteiger partial charge in [0.05, 0.1) is 18.5 Å². The monoisotopic (exact) mass is 252 g/mol. The average molecular weight is 252 g/mol. The van der Waals surface area contributed by atoms with E-state index in [1.807, 2.05) is 0 Å². The van der Waals surface area contributed by atoms with Crippen LogP contribution in [0.15, 0.2) is 31.0 Å². The highest BCUT2D eigenvalue weighted by atomic mass is 19.1. The number of pyridine rings is 1. The van der Waals surface area contributed by atoms with Crippen molar-refractivity contribution >= 4 is 5.97 Å². The number of aromatic nitrogens is 1. The SMILES string of the molecule is C=CCNC(C)(C(=O)OCC)c1ccc(F)cn1. The normalized spacial score (nSPS) is 13.7. The van der Waals surface area contributed by atoms with Crippen molar-refractivity contribution in [2.75, 3.05) is 13.2 Å². The number of nitrogens with one attached hydrogen (secondary N) is 1. The first-order valence-electron chi connectivity index (χ1n) is 5.69. The number of halogens is 1. The van der Waals surface area contributed by atoms with Crippen molar-refractivity contribution in [3.63, 3.8) is 0 Å². The smallest absolute Gasteiger partial charge is 0.332 e. The first-order valence-corrected chi connectivity index (χ1v) is 5.69. The molecule has 18 heavy (non-hydrogen) atoms. The van der Waals surface area contributed by atoms with Gasteiger partial charge in [0.15, 0.2) is 5.54 Å². The second-order valence-electron chi connectivity index (χ2n) is 3.88. The molecule has 1 N–H and O–H groups in total. The number of hydrogen-bond donors (Lipinski definition) is 1. The fraction of sp³-hybridized carbons (Fsp3) is 0.385. The molecular formula is C13H17FN2O2. The molecule has 5 heteroatoms. The molecule has 0 aromatic carbocycles. The lowest BCUT2D eigenvalue weighted by atomic mass is 9.97. The molecule has 0 saturated carbocycles. The summed E-state index contributed by atoms with van der Waals surface area (Å²) < 4.78 is 17.9. The Morgan fingerprint density at radius 2 is 2.39 bits per heavy atom. The number of nitrogens with zero attached hydrogens (tertiary/aromatic N) is 1. The van der Waals surface area contributed by atoms with Gasteiger partial charge in [0.25, 0.3) is 0 Å². The zero-order chi connectivity index (χ0) is 13.6. The highest BCUT2D eigenvalue weighted by Crippen LogP contribution is 2.20. The van der Waals surface area contributed by atoms with Crippen molar-refractivity contribution < 1.29 is 13.9 Å². The minimum absolute atomic E-state index is 0.269. The van der Waals surface area contributed by atoms with Crippen LogP contribution in [-0.4, -0.2) is 24.1 Å². The van der Waals surface area contributed by atoms with E-state index in [2.05, 4.69) is 16.9 Å². The number of carbonyl (C=O) groups excluding carboxylic acids is 1. The van der Waals surface area contributed by atoms with Gasteiger partial charge >= 0.3 is 5.97 Å². The maximum atomic E-state index is 12.9. The van der Waals surface area contributed by atoms with Gasteiger partial charge in [0, 0.05) is 6.54 Å². The van der Waals surface area contributed by atoms with Crippen molar-refractivity contribution in [2.24, 2.45) is 0 Å². The molecule has 0 bridgehead atoms. The summed E-state index contributed by atoms with van der Waals surface area (Å²) in [5, 5.41) is 2.99. The molecule has 0 fully saturated rings. The minimum atomic E-state index is -1.11. The molecule has 0 spiro atoms. The lowest BCUT2D eigenvalue weighted by Crippen LogP contribution is -2.48. The van der Waals surface area contributed by atoms with Gasteiger partial charge in [-0.15, -0.1) is 6.58 Å². The third-order valence-corrected chi connectivity index (χ3v) is 2.52. The molecule has 1 aromatic heterocycles. The van der Waals surface area contributed by atoms with E-state index >= 15 is 0 Å². The molecule has 1 unspecified atom stereocenters. The molecule has 0 aliphatic carbocycles. The number of ether oxygens (including phenoxy) is 1. The van der Waals surface area contributed by atoms with Crippen molar-refractivity contribution in [3.8, 4) is 0 Å². The maximum absolute atomic E-state index is 12.9. The van der Waals surface area contributed by atoms with Gasteiger partial charge in [0.1, 0.15) is 5.82 Å². The van der Waals surface area contributed by atoms with E-state index in [0.29, 0.717) is 12.2 Å². The molecule has 0 amide bonds. The zero-order valence-electron chi connectivity index (χ0n) is 10.6. The first kappa shape index (κ1) is 14.3. The molecule has 1 atom stereocenters. The summed E-state index contributed by atoms with van der Waals surface area (Å²) in [5.41, 5.74) is -0.707. The standard InChI is InChI=1S/C13H17FN2O2/c1-4-8-16-13(3,12(17)18-5-2)11-7-6-10(14)9-15-11/h4,6-7,9,16H,1,5,8H2,2-3H3. The van der Waals surface area contributed by atoms with Gasteiger partial charge in [-0.05, 0) is 26.0 Å². The van der Waals surface area contributed by atoms with E-state index in [-0.39, 0.29) is 6.61 Å². The summed E-state index contributed by atoms with van der Waals surface area (Å²) >= 11 is 0. The Morgan fingerprint density at radius 1 is 1.67 bits per heavy atom. The number of esters is 1. The van der Waals surface area contributed by atoms with E-state index in [9.17, 15) is 9.18 Å². The van der Waals surface area contributed by atoms with Crippen molar-refractivity contribution in [1.82, 2.24) is 10.3 Å². The fourth-order valence-electron chi connectivity index (χ4n) is 1.49. The van der Waals surface area contributed by atoms with Crippen LogP contribution in [-0.2, 0) is 15.1 Å². The van der Waals surface area contributed by atoms with Gasteiger partial charge in [-0.3, -0.25) is 10.3 Å². The molecule has 1 rings (SSSR count). The second kappa shape index (κ2) is 6.26. The van der Waals surface area contributed by atoms with Crippen LogP contribution in [0.3, 0.4) is 0 Å². The molecule has 1 aromatic rings. The van der Waals surface area contributed by atoms with Crippen molar-refractivity contribution in [1.29, 1.82) is 0 Å². The highest BCUT2D eigenvalue weighted by Gasteiger charge is 2.37. The summed E-state index contributed by atoms with van der Waals surface area (Å²) in [4.78, 5) is 15.9. The summed E-state index contributed by atoms with van der Waals surface area (Å²) in [7, 11) is 0. The topological polar surface area (TPSA) is 51.2 Å². The Kier molecular flexibility index (Phi) is 4.97. The Bertz CT molecular complexity index is 420. The fourth-order valence-corrected chi connectivity index (χ4v) is 1.49. The van der Waals surface area contributed by atoms with Gasteiger partial charge in [-0.1, -0.05) is 6.08 Å². The predicted molar refractivity (Wildman–Crippen MR) is 66.4 cm³/mol. The van der Waals surface area contributed by atoms with E-state index < -0.39 is 17.3 Å². The van der Waals surface area contributed by atoms with Crippen molar-refractivity contribution in [3.05, 3.63) is 42.5 Å². The summed E-state index contributed by atoms with van der Waals surface area (Å²) in [5.74, 6) is -0.903. The van der Waals surface area contributed by atoms with Gasteiger partial charge in [0.2, 0.25) is 0 Å².